The number of ether oxygens (including phenoxy) is 4. The monoisotopic (exact) mass is 423 g/mol. The first-order valence-corrected chi connectivity index (χ1v) is 9.28. The summed E-state index contributed by atoms with van der Waals surface area (Å²) in [5.74, 6) is 1.57. The molecular formula is C22H21N3O6. The molecule has 0 spiro atoms. The van der Waals surface area contributed by atoms with Crippen LogP contribution in [-0.2, 0) is 0 Å². The van der Waals surface area contributed by atoms with Crippen LogP contribution in [-0.4, -0.2) is 48.1 Å². The minimum Gasteiger partial charge on any atom is -0.504 e. The Bertz CT molecular complexity index is 1300. The van der Waals surface area contributed by atoms with Crippen molar-refractivity contribution in [1.29, 1.82) is 0 Å². The van der Waals surface area contributed by atoms with Crippen LogP contribution in [0, 0.1) is 0 Å². The van der Waals surface area contributed by atoms with Gasteiger partial charge in [0.25, 0.3) is 0 Å². The lowest BCUT2D eigenvalue weighted by molar-refractivity contribution is 0.324. The second-order valence-electron chi connectivity index (χ2n) is 6.62. The van der Waals surface area contributed by atoms with Crippen molar-refractivity contribution in [3.63, 3.8) is 0 Å². The summed E-state index contributed by atoms with van der Waals surface area (Å²) in [6.45, 7) is 0. The van der Waals surface area contributed by atoms with Crippen LogP contribution >= 0.6 is 0 Å². The van der Waals surface area contributed by atoms with Gasteiger partial charge in [-0.15, -0.1) is 0 Å². The number of imidazole rings is 1. The minimum atomic E-state index is -0.365. The average molecular weight is 423 g/mol. The van der Waals surface area contributed by atoms with Crippen LogP contribution in [0.3, 0.4) is 0 Å². The standard InChI is InChI=1S/C22H21N3O6/c1-28-17-6-5-12(7-16(17)26)14-10-23-11-15-20(14)25(22(27)24-15)13-8-18(29-2)21(31-4)19(9-13)30-3/h5-11,26H,1-4H3,(H,24,27). The number of hydrogen-bond acceptors (Lipinski definition) is 7. The van der Waals surface area contributed by atoms with Gasteiger partial charge in [-0.2, -0.15) is 0 Å². The quantitative estimate of drug-likeness (QED) is 0.491. The molecule has 2 heterocycles. The summed E-state index contributed by atoms with van der Waals surface area (Å²) in [6, 6.07) is 8.37. The van der Waals surface area contributed by atoms with Crippen LogP contribution in [0.4, 0.5) is 0 Å². The van der Waals surface area contributed by atoms with Crippen molar-refractivity contribution >= 4 is 11.0 Å². The number of phenols is 1. The summed E-state index contributed by atoms with van der Waals surface area (Å²) in [6.07, 6.45) is 3.20. The fourth-order valence-electron chi connectivity index (χ4n) is 3.57. The molecule has 0 aliphatic rings. The predicted molar refractivity (Wildman–Crippen MR) is 115 cm³/mol. The van der Waals surface area contributed by atoms with Crippen molar-refractivity contribution in [2.24, 2.45) is 0 Å². The van der Waals surface area contributed by atoms with E-state index in [9.17, 15) is 9.90 Å². The second-order valence-corrected chi connectivity index (χ2v) is 6.62. The summed E-state index contributed by atoms with van der Waals surface area (Å²) in [5, 5.41) is 10.2. The van der Waals surface area contributed by atoms with Gasteiger partial charge in [0.2, 0.25) is 5.75 Å². The molecular weight excluding hydrogens is 402 g/mol. The highest BCUT2D eigenvalue weighted by Gasteiger charge is 2.20. The first-order chi connectivity index (χ1) is 15.0. The summed E-state index contributed by atoms with van der Waals surface area (Å²) in [7, 11) is 6.01. The highest BCUT2D eigenvalue weighted by atomic mass is 16.5. The molecule has 0 bridgehead atoms. The molecule has 0 amide bonds. The van der Waals surface area contributed by atoms with Crippen LogP contribution < -0.4 is 24.6 Å². The Morgan fingerprint density at radius 3 is 2.16 bits per heavy atom. The van der Waals surface area contributed by atoms with E-state index in [-0.39, 0.29) is 11.4 Å². The van der Waals surface area contributed by atoms with Gasteiger partial charge in [0.15, 0.2) is 23.0 Å². The molecule has 0 aliphatic carbocycles. The average Bonchev–Trinajstić information content (AvgIpc) is 3.13. The highest BCUT2D eigenvalue weighted by molar-refractivity contribution is 5.93. The highest BCUT2D eigenvalue weighted by Crippen LogP contribution is 2.40. The Balaban J connectivity index is 2.02. The number of nitrogens with zero attached hydrogens (tertiary/aromatic N) is 2. The van der Waals surface area contributed by atoms with E-state index in [1.165, 1.54) is 33.0 Å². The maximum Gasteiger partial charge on any atom is 0.331 e. The molecule has 0 atom stereocenters. The number of nitrogens with one attached hydrogen (secondary N) is 1. The zero-order chi connectivity index (χ0) is 22.1. The molecule has 0 aliphatic heterocycles. The van der Waals surface area contributed by atoms with Crippen molar-refractivity contribution < 1.29 is 24.1 Å². The first kappa shape index (κ1) is 20.1. The van der Waals surface area contributed by atoms with Gasteiger partial charge in [0.1, 0.15) is 0 Å². The largest absolute Gasteiger partial charge is 0.504 e. The number of aromatic amines is 1. The summed E-state index contributed by atoms with van der Waals surface area (Å²) >= 11 is 0. The number of fused-ring (bicyclic) bond motifs is 1. The Labute approximate surface area is 177 Å². The molecule has 2 N–H and O–H groups in total. The van der Waals surface area contributed by atoms with Gasteiger partial charge in [-0.3, -0.25) is 9.55 Å². The number of benzene rings is 2. The van der Waals surface area contributed by atoms with E-state index in [0.717, 1.165) is 0 Å². The number of rotatable bonds is 6. The Kier molecular flexibility index (Phi) is 5.16. The lowest BCUT2D eigenvalue weighted by Crippen LogP contribution is -2.15. The zero-order valence-electron chi connectivity index (χ0n) is 17.4. The van der Waals surface area contributed by atoms with Gasteiger partial charge < -0.3 is 29.0 Å². The SMILES string of the molecule is COc1ccc(-c2cncc3[nH]c(=O)n(-c4cc(OC)c(OC)c(OC)c4)c23)cc1O. The van der Waals surface area contributed by atoms with E-state index in [4.69, 9.17) is 18.9 Å². The molecule has 160 valence electrons. The molecule has 4 aromatic rings. The Morgan fingerprint density at radius 1 is 0.903 bits per heavy atom. The van der Waals surface area contributed by atoms with Gasteiger partial charge in [-0.05, 0) is 17.7 Å². The van der Waals surface area contributed by atoms with Gasteiger partial charge in [-0.1, -0.05) is 6.07 Å². The number of aromatic hydroxyl groups is 1. The van der Waals surface area contributed by atoms with Crippen LogP contribution in [0.25, 0.3) is 27.8 Å². The number of hydrogen-bond donors (Lipinski definition) is 2. The molecule has 2 aromatic heterocycles. The van der Waals surface area contributed by atoms with Crippen LogP contribution in [0.5, 0.6) is 28.7 Å². The van der Waals surface area contributed by atoms with Crippen molar-refractivity contribution in [2.75, 3.05) is 28.4 Å². The van der Waals surface area contributed by atoms with Crippen molar-refractivity contribution in [3.8, 4) is 45.6 Å². The van der Waals surface area contributed by atoms with Crippen LogP contribution in [0.15, 0.2) is 47.5 Å². The third-order valence-corrected chi connectivity index (χ3v) is 4.98. The molecule has 0 saturated carbocycles. The fourth-order valence-corrected chi connectivity index (χ4v) is 3.57. The van der Waals surface area contributed by atoms with Crippen LogP contribution in [0.1, 0.15) is 0 Å². The molecule has 9 heteroatoms. The number of pyridine rings is 1. The van der Waals surface area contributed by atoms with Gasteiger partial charge in [0.05, 0.1) is 51.4 Å². The number of phenolic OH excluding ortho intramolecular Hbond substituents is 1. The van der Waals surface area contributed by atoms with E-state index in [2.05, 4.69) is 9.97 Å². The van der Waals surface area contributed by atoms with Gasteiger partial charge in [-0.25, -0.2) is 4.79 Å². The van der Waals surface area contributed by atoms with Crippen LogP contribution in [0.2, 0.25) is 0 Å². The van der Waals surface area contributed by atoms with E-state index < -0.39 is 0 Å². The minimum absolute atomic E-state index is 0.0192. The first-order valence-electron chi connectivity index (χ1n) is 9.28. The molecule has 0 saturated heterocycles. The fraction of sp³-hybridized carbons (Fsp3) is 0.182. The van der Waals surface area contributed by atoms with E-state index >= 15 is 0 Å². The summed E-state index contributed by atoms with van der Waals surface area (Å²) in [4.78, 5) is 20.0. The van der Waals surface area contributed by atoms with Crippen molar-refractivity contribution in [2.45, 2.75) is 0 Å². The van der Waals surface area contributed by atoms with E-state index in [1.54, 1.807) is 42.7 Å². The lowest BCUT2D eigenvalue weighted by atomic mass is 10.1. The van der Waals surface area contributed by atoms with Crippen molar-refractivity contribution in [3.05, 3.63) is 53.2 Å². The smallest absolute Gasteiger partial charge is 0.331 e. The topological polar surface area (TPSA) is 108 Å². The third-order valence-electron chi connectivity index (χ3n) is 4.98. The summed E-state index contributed by atoms with van der Waals surface area (Å²) in [5.41, 5.74) is 2.57. The number of aromatic nitrogens is 3. The zero-order valence-corrected chi connectivity index (χ0v) is 17.4. The molecule has 31 heavy (non-hydrogen) atoms. The van der Waals surface area contributed by atoms with Gasteiger partial charge >= 0.3 is 5.69 Å². The second kappa shape index (κ2) is 7.94. The molecule has 0 fully saturated rings. The molecule has 4 rings (SSSR count). The number of methoxy groups -OCH3 is 4. The molecule has 2 aromatic carbocycles. The molecule has 9 nitrogen and oxygen atoms in total. The maximum atomic E-state index is 12.9. The van der Waals surface area contributed by atoms with Gasteiger partial charge in [0, 0.05) is 23.9 Å². The molecule has 0 unspecified atom stereocenters. The van der Waals surface area contributed by atoms with Crippen molar-refractivity contribution in [1.82, 2.24) is 14.5 Å². The number of H-pyrrole nitrogens is 1. The lowest BCUT2D eigenvalue weighted by Gasteiger charge is -2.15. The Hall–Kier alpha value is -4.14. The predicted octanol–water partition coefficient (Wildman–Crippen LogP) is 3.12. The Morgan fingerprint density at radius 2 is 1.58 bits per heavy atom. The van der Waals surface area contributed by atoms with E-state index in [1.807, 2.05) is 0 Å². The third kappa shape index (κ3) is 3.29. The normalized spacial score (nSPS) is 10.8. The van der Waals surface area contributed by atoms with E-state index in [0.29, 0.717) is 50.8 Å². The summed E-state index contributed by atoms with van der Waals surface area (Å²) < 4.78 is 22.9. The molecule has 0 radical (unpaired) electrons. The maximum absolute atomic E-state index is 12.9.